The van der Waals surface area contributed by atoms with Crippen molar-refractivity contribution in [3.63, 3.8) is 0 Å². The predicted molar refractivity (Wildman–Crippen MR) is 85.9 cm³/mol. The molecule has 5 atom stereocenters. The van der Waals surface area contributed by atoms with Gasteiger partial charge in [-0.25, -0.2) is 0 Å². The van der Waals surface area contributed by atoms with E-state index in [0.29, 0.717) is 12.1 Å². The third-order valence-electron chi connectivity index (χ3n) is 5.98. The van der Waals surface area contributed by atoms with Crippen molar-refractivity contribution in [1.82, 2.24) is 5.32 Å². The van der Waals surface area contributed by atoms with Crippen molar-refractivity contribution in [3.8, 4) is 0 Å². The molecule has 5 unspecified atom stereocenters. The fourth-order valence-electron chi connectivity index (χ4n) is 4.55. The lowest BCUT2D eigenvalue weighted by Gasteiger charge is -2.31. The van der Waals surface area contributed by atoms with Crippen LogP contribution in [0, 0.1) is 31.6 Å². The Balaban J connectivity index is 1.63. The normalized spacial score (nSPS) is 31.5. The van der Waals surface area contributed by atoms with Crippen LogP contribution in [0.15, 0.2) is 18.2 Å². The van der Waals surface area contributed by atoms with Crippen LogP contribution in [-0.2, 0) is 0 Å². The molecule has 1 heteroatoms. The van der Waals surface area contributed by atoms with Gasteiger partial charge in [0.05, 0.1) is 0 Å². The second-order valence-electron chi connectivity index (χ2n) is 7.36. The highest BCUT2D eigenvalue weighted by Gasteiger charge is 2.41. The van der Waals surface area contributed by atoms with E-state index in [4.69, 9.17) is 0 Å². The van der Waals surface area contributed by atoms with Gasteiger partial charge < -0.3 is 5.32 Å². The highest BCUT2D eigenvalue weighted by atomic mass is 14.9. The average Bonchev–Trinajstić information content (AvgIpc) is 3.04. The third kappa shape index (κ3) is 2.65. The minimum atomic E-state index is 0.462. The Kier molecular flexibility index (Phi) is 3.90. The maximum atomic E-state index is 3.87. The molecule has 2 fully saturated rings. The van der Waals surface area contributed by atoms with Crippen LogP contribution < -0.4 is 5.32 Å². The average molecular weight is 271 g/mol. The maximum absolute atomic E-state index is 3.87. The number of aryl methyl sites for hydroxylation is 2. The summed E-state index contributed by atoms with van der Waals surface area (Å²) in [6.45, 7) is 9.12. The number of benzene rings is 1. The monoisotopic (exact) mass is 271 g/mol. The molecule has 2 aliphatic rings. The van der Waals surface area contributed by atoms with Gasteiger partial charge in [-0.15, -0.1) is 0 Å². The molecule has 1 aromatic rings. The molecule has 1 aromatic carbocycles. The van der Waals surface area contributed by atoms with Crippen LogP contribution in [0.3, 0.4) is 0 Å². The van der Waals surface area contributed by atoms with Gasteiger partial charge in [0.1, 0.15) is 0 Å². The summed E-state index contributed by atoms with van der Waals surface area (Å²) in [5.74, 6) is 2.98. The Morgan fingerprint density at radius 1 is 1.05 bits per heavy atom. The number of hydrogen-bond acceptors (Lipinski definition) is 1. The second-order valence-corrected chi connectivity index (χ2v) is 7.36. The van der Waals surface area contributed by atoms with Crippen molar-refractivity contribution in [2.75, 3.05) is 0 Å². The molecule has 1 nitrogen and oxygen atoms in total. The minimum absolute atomic E-state index is 0.462. The van der Waals surface area contributed by atoms with E-state index < -0.39 is 0 Å². The van der Waals surface area contributed by atoms with Crippen molar-refractivity contribution < 1.29 is 0 Å². The van der Waals surface area contributed by atoms with Gasteiger partial charge in [0.15, 0.2) is 0 Å². The number of fused-ring (bicyclic) bond motifs is 2. The molecule has 0 spiro atoms. The van der Waals surface area contributed by atoms with Crippen LogP contribution >= 0.6 is 0 Å². The van der Waals surface area contributed by atoms with Gasteiger partial charge >= 0.3 is 0 Å². The highest BCUT2D eigenvalue weighted by molar-refractivity contribution is 5.31. The first-order valence-corrected chi connectivity index (χ1v) is 8.37. The Hall–Kier alpha value is -0.820. The van der Waals surface area contributed by atoms with E-state index in [1.165, 1.54) is 42.4 Å². The van der Waals surface area contributed by atoms with Crippen LogP contribution in [0.5, 0.6) is 0 Å². The molecule has 0 aliphatic heterocycles. The van der Waals surface area contributed by atoms with Gasteiger partial charge in [-0.3, -0.25) is 0 Å². The van der Waals surface area contributed by atoms with Crippen LogP contribution in [0.4, 0.5) is 0 Å². The SMILES string of the molecule is Cc1ccc(C(C)NC(C)C2CC3CCC2C3)cc1C. The molecule has 0 aromatic heterocycles. The lowest BCUT2D eigenvalue weighted by molar-refractivity contribution is 0.248. The zero-order valence-electron chi connectivity index (χ0n) is 13.4. The summed E-state index contributed by atoms with van der Waals surface area (Å²) in [7, 11) is 0. The lowest BCUT2D eigenvalue weighted by atomic mass is 9.83. The Morgan fingerprint density at radius 3 is 2.45 bits per heavy atom. The molecule has 20 heavy (non-hydrogen) atoms. The van der Waals surface area contributed by atoms with Crippen molar-refractivity contribution in [1.29, 1.82) is 0 Å². The van der Waals surface area contributed by atoms with Crippen molar-refractivity contribution in [2.24, 2.45) is 17.8 Å². The molecule has 0 radical (unpaired) electrons. The summed E-state index contributed by atoms with van der Waals surface area (Å²) >= 11 is 0. The van der Waals surface area contributed by atoms with E-state index in [1.807, 2.05) is 0 Å². The number of rotatable bonds is 4. The van der Waals surface area contributed by atoms with Crippen molar-refractivity contribution >= 4 is 0 Å². The van der Waals surface area contributed by atoms with E-state index in [2.05, 4.69) is 51.2 Å². The van der Waals surface area contributed by atoms with Crippen molar-refractivity contribution in [3.05, 3.63) is 34.9 Å². The van der Waals surface area contributed by atoms with E-state index in [9.17, 15) is 0 Å². The summed E-state index contributed by atoms with van der Waals surface area (Å²) in [5.41, 5.74) is 4.23. The van der Waals surface area contributed by atoms with E-state index >= 15 is 0 Å². The molecular weight excluding hydrogens is 242 g/mol. The molecular formula is C19H29N. The second kappa shape index (κ2) is 5.52. The molecule has 3 rings (SSSR count). The Labute approximate surface area is 124 Å². The van der Waals surface area contributed by atoms with Gasteiger partial charge in [0.25, 0.3) is 0 Å². The highest BCUT2D eigenvalue weighted by Crippen LogP contribution is 2.49. The molecule has 2 bridgehead atoms. The number of hydrogen-bond donors (Lipinski definition) is 1. The fraction of sp³-hybridized carbons (Fsp3) is 0.684. The summed E-state index contributed by atoms with van der Waals surface area (Å²) in [6, 6.07) is 8.00. The summed E-state index contributed by atoms with van der Waals surface area (Å²) in [5, 5.41) is 3.87. The molecule has 0 saturated heterocycles. The van der Waals surface area contributed by atoms with Crippen LogP contribution in [0.1, 0.15) is 62.3 Å². The molecule has 2 saturated carbocycles. The van der Waals surface area contributed by atoms with Crippen LogP contribution in [-0.4, -0.2) is 6.04 Å². The molecule has 0 heterocycles. The first-order valence-electron chi connectivity index (χ1n) is 8.37. The van der Waals surface area contributed by atoms with Gasteiger partial charge in [-0.1, -0.05) is 24.6 Å². The predicted octanol–water partition coefficient (Wildman–Crippen LogP) is 4.78. The summed E-state index contributed by atoms with van der Waals surface area (Å²) in [4.78, 5) is 0. The van der Waals surface area contributed by atoms with Gasteiger partial charge in [-0.2, -0.15) is 0 Å². The summed E-state index contributed by atoms with van der Waals surface area (Å²) < 4.78 is 0. The van der Waals surface area contributed by atoms with E-state index in [0.717, 1.165) is 17.8 Å². The molecule has 0 amide bonds. The van der Waals surface area contributed by atoms with Crippen LogP contribution in [0.2, 0.25) is 0 Å². The van der Waals surface area contributed by atoms with Gasteiger partial charge in [0, 0.05) is 12.1 Å². The first kappa shape index (κ1) is 14.1. The largest absolute Gasteiger partial charge is 0.307 e. The number of nitrogens with one attached hydrogen (secondary N) is 1. The Bertz CT molecular complexity index is 479. The quantitative estimate of drug-likeness (QED) is 0.831. The van der Waals surface area contributed by atoms with Gasteiger partial charge in [0.2, 0.25) is 0 Å². The molecule has 1 N–H and O–H groups in total. The zero-order chi connectivity index (χ0) is 14.3. The first-order chi connectivity index (χ1) is 9.54. The molecule has 2 aliphatic carbocycles. The van der Waals surface area contributed by atoms with Gasteiger partial charge in [-0.05, 0) is 81.4 Å². The maximum Gasteiger partial charge on any atom is 0.0294 e. The summed E-state index contributed by atoms with van der Waals surface area (Å²) in [6.07, 6.45) is 5.97. The zero-order valence-corrected chi connectivity index (χ0v) is 13.4. The lowest BCUT2D eigenvalue weighted by Crippen LogP contribution is -2.37. The Morgan fingerprint density at radius 2 is 1.85 bits per heavy atom. The molecule has 110 valence electrons. The van der Waals surface area contributed by atoms with Crippen LogP contribution in [0.25, 0.3) is 0 Å². The van der Waals surface area contributed by atoms with E-state index in [1.54, 1.807) is 0 Å². The topological polar surface area (TPSA) is 12.0 Å². The minimum Gasteiger partial charge on any atom is -0.307 e. The third-order valence-corrected chi connectivity index (χ3v) is 5.98. The fourth-order valence-corrected chi connectivity index (χ4v) is 4.55. The smallest absolute Gasteiger partial charge is 0.0294 e. The standard InChI is InChI=1S/C19H29N/c1-12-5-7-17(9-13(12)2)14(3)20-15(4)19-11-16-6-8-18(19)10-16/h5,7,9,14-16,18-20H,6,8,10-11H2,1-4H3. The van der Waals surface area contributed by atoms with Crippen molar-refractivity contribution in [2.45, 2.75) is 65.5 Å². The van der Waals surface area contributed by atoms with E-state index in [-0.39, 0.29) is 0 Å².